The summed E-state index contributed by atoms with van der Waals surface area (Å²) < 4.78 is 28.6. The van der Waals surface area contributed by atoms with E-state index < -0.39 is 57.3 Å². The molecule has 0 aromatic heterocycles. The molecule has 2 unspecified atom stereocenters. The van der Waals surface area contributed by atoms with Gasteiger partial charge in [-0.05, 0) is 91.3 Å². The lowest BCUT2D eigenvalue weighted by Crippen LogP contribution is -2.58. The molecule has 1 aliphatic heterocycles. The van der Waals surface area contributed by atoms with Gasteiger partial charge < -0.3 is 35.2 Å². The summed E-state index contributed by atoms with van der Waals surface area (Å²) in [5.74, 6) is 3.23. The van der Waals surface area contributed by atoms with Crippen molar-refractivity contribution in [2.75, 3.05) is 6.61 Å². The molecule has 1 heterocycles. The number of ether oxygens (including phenoxy) is 1. The lowest BCUT2D eigenvalue weighted by Gasteiger charge is -2.59. The second-order valence-electron chi connectivity index (χ2n) is 15.7. The van der Waals surface area contributed by atoms with E-state index in [1.807, 2.05) is 6.08 Å². The number of fused-ring (bicyclic) bond motifs is 5. The molecule has 5 rings (SSSR count). The summed E-state index contributed by atoms with van der Waals surface area (Å²) >= 11 is 0. The fourth-order valence-corrected chi connectivity index (χ4v) is 11.1. The highest BCUT2D eigenvalue weighted by Crippen LogP contribution is 2.67. The van der Waals surface area contributed by atoms with Gasteiger partial charge in [0, 0.05) is 0 Å². The average molecular weight is 645 g/mol. The maximum absolute atomic E-state index is 12.9. The third-order valence-corrected chi connectivity index (χ3v) is 13.7. The van der Waals surface area contributed by atoms with E-state index in [-0.39, 0.29) is 16.7 Å². The smallest absolute Gasteiger partial charge is 0.389 e. The summed E-state index contributed by atoms with van der Waals surface area (Å²) in [6, 6.07) is 0. The first-order valence-electron chi connectivity index (χ1n) is 17.0. The Balaban J connectivity index is 1.22. The average Bonchev–Trinajstić information content (AvgIpc) is 3.30. The van der Waals surface area contributed by atoms with Crippen LogP contribution < -0.4 is 0 Å². The second kappa shape index (κ2) is 13.3. The van der Waals surface area contributed by atoms with Crippen LogP contribution in [0.5, 0.6) is 0 Å². The number of rotatable bonds is 10. The normalized spacial score (nSPS) is 47.7. The molecule has 10 nitrogen and oxygen atoms in total. The number of hydrogen-bond donors (Lipinski definition) is 6. The van der Waals surface area contributed by atoms with E-state index in [0.29, 0.717) is 36.5 Å². The molecule has 4 aliphatic carbocycles. The molecule has 0 aromatic carbocycles. The Morgan fingerprint density at radius 3 is 2.39 bits per heavy atom. The highest BCUT2D eigenvalue weighted by atomic mass is 31.2. The fraction of sp³-hybridized carbons (Fsp3) is 0.939. The van der Waals surface area contributed by atoms with Crippen LogP contribution >= 0.6 is 7.82 Å². The van der Waals surface area contributed by atoms with Crippen molar-refractivity contribution >= 4 is 7.82 Å². The molecule has 0 aromatic rings. The molecular weight excluding hydrogens is 587 g/mol. The molecule has 15 atom stereocenters. The van der Waals surface area contributed by atoms with Crippen molar-refractivity contribution in [1.29, 1.82) is 0 Å². The maximum Gasteiger partial charge on any atom is 0.472 e. The molecule has 11 heteroatoms. The molecule has 0 spiro atoms. The fourth-order valence-electron chi connectivity index (χ4n) is 10.2. The lowest BCUT2D eigenvalue weighted by atomic mass is 9.46. The van der Waals surface area contributed by atoms with Gasteiger partial charge in [-0.15, -0.1) is 0 Å². The van der Waals surface area contributed by atoms with Gasteiger partial charge in [0.05, 0.1) is 18.8 Å². The Hall–Kier alpha value is -0.390. The van der Waals surface area contributed by atoms with E-state index in [2.05, 4.69) is 34.6 Å². The zero-order valence-electron chi connectivity index (χ0n) is 27.1. The molecule has 3 saturated carbocycles. The van der Waals surface area contributed by atoms with Gasteiger partial charge in [0.25, 0.3) is 0 Å². The zero-order valence-corrected chi connectivity index (χ0v) is 28.0. The predicted molar refractivity (Wildman–Crippen MR) is 164 cm³/mol. The van der Waals surface area contributed by atoms with E-state index in [0.717, 1.165) is 24.3 Å². The van der Waals surface area contributed by atoms with Gasteiger partial charge in [0.15, 0.2) is 6.29 Å². The third-order valence-electron chi connectivity index (χ3n) is 12.7. The summed E-state index contributed by atoms with van der Waals surface area (Å²) in [5, 5.41) is 51.0. The first-order valence-corrected chi connectivity index (χ1v) is 18.5. The number of phosphoric ester groups is 1. The van der Waals surface area contributed by atoms with Crippen molar-refractivity contribution in [3.63, 3.8) is 0 Å². The summed E-state index contributed by atoms with van der Waals surface area (Å²) in [6.45, 7) is 11.2. The Bertz CT molecular complexity index is 1080. The van der Waals surface area contributed by atoms with Crippen LogP contribution in [0.3, 0.4) is 0 Å². The minimum absolute atomic E-state index is 0.0977. The standard InChI is InChI=1S/C33H57O10P/c1-18(2)7-6-8-19(3)22-9-10-23-27-24(12-14-33(22,23)5)32(4)13-11-21(15-20(32)16-25(27)34)43-44(39,40)41-17-26-28(35)29(36)30(37)31(38)42-26/h16,18-19,21-31,34-38H,6-15,17H2,1-5H3,(H,39,40)/t19-,21+,22-,23+,24+,25+,26-,27+,28+,29+,30-,31?,32+,33-/m1/s1. The van der Waals surface area contributed by atoms with E-state index in [4.69, 9.17) is 13.8 Å². The Kier molecular flexibility index (Phi) is 10.5. The summed E-state index contributed by atoms with van der Waals surface area (Å²) in [5.41, 5.74) is 1.25. The van der Waals surface area contributed by atoms with Crippen molar-refractivity contribution in [3.05, 3.63) is 11.6 Å². The predicted octanol–water partition coefficient (Wildman–Crippen LogP) is 4.30. The molecule has 1 saturated heterocycles. The van der Waals surface area contributed by atoms with Crippen molar-refractivity contribution < 1.29 is 48.8 Å². The van der Waals surface area contributed by atoms with Crippen LogP contribution in [0.25, 0.3) is 0 Å². The summed E-state index contributed by atoms with van der Waals surface area (Å²) in [7, 11) is -4.58. The van der Waals surface area contributed by atoms with Gasteiger partial charge in [-0.25, -0.2) is 4.57 Å². The van der Waals surface area contributed by atoms with Gasteiger partial charge in [-0.1, -0.05) is 65.5 Å². The van der Waals surface area contributed by atoms with Crippen LogP contribution in [0.15, 0.2) is 11.6 Å². The minimum Gasteiger partial charge on any atom is -0.389 e. The van der Waals surface area contributed by atoms with Crippen LogP contribution in [0.2, 0.25) is 0 Å². The molecule has 0 bridgehead atoms. The maximum atomic E-state index is 12.9. The van der Waals surface area contributed by atoms with Crippen molar-refractivity contribution in [3.8, 4) is 0 Å². The number of aliphatic hydroxyl groups is 5. The summed E-state index contributed by atoms with van der Waals surface area (Å²) in [6.07, 6.45) is 3.11. The van der Waals surface area contributed by atoms with Crippen LogP contribution in [0.1, 0.15) is 98.8 Å². The molecule has 0 radical (unpaired) electrons. The molecule has 6 N–H and O–H groups in total. The molecular formula is C33H57O10P. The SMILES string of the molecule is CC(C)CCC[C@@H](C)[C@H]1CC[C@H]2[C@@H]3[C@@H](O)C=C4C[C@@H](OP(=O)(O)OC[C@H]5OC(O)[C@H](O)[C@@H](O)[C@H]5O)CC[C@]4(C)[C@H]3CC[C@]12C. The largest absolute Gasteiger partial charge is 0.472 e. The van der Waals surface area contributed by atoms with Gasteiger partial charge in [0.1, 0.15) is 24.4 Å². The monoisotopic (exact) mass is 644 g/mol. The van der Waals surface area contributed by atoms with E-state index in [1.165, 1.54) is 38.5 Å². The molecule has 0 amide bonds. The summed E-state index contributed by atoms with van der Waals surface area (Å²) in [4.78, 5) is 10.5. The Morgan fingerprint density at radius 2 is 1.68 bits per heavy atom. The second-order valence-corrected chi connectivity index (χ2v) is 17.1. The quantitative estimate of drug-likeness (QED) is 0.149. The lowest BCUT2D eigenvalue weighted by molar-refractivity contribution is -0.285. The van der Waals surface area contributed by atoms with Crippen molar-refractivity contribution in [2.24, 2.45) is 46.3 Å². The van der Waals surface area contributed by atoms with E-state index in [9.17, 15) is 35.0 Å². The molecule has 4 fully saturated rings. The van der Waals surface area contributed by atoms with Crippen LogP contribution in [0, 0.1) is 46.3 Å². The van der Waals surface area contributed by atoms with Gasteiger partial charge in [0.2, 0.25) is 0 Å². The first-order chi connectivity index (χ1) is 20.6. The molecule has 5 aliphatic rings. The van der Waals surface area contributed by atoms with Gasteiger partial charge in [-0.2, -0.15) is 0 Å². The number of phosphoric acid groups is 1. The van der Waals surface area contributed by atoms with Crippen LogP contribution in [-0.2, 0) is 18.3 Å². The zero-order chi connectivity index (χ0) is 32.2. The number of hydrogen-bond acceptors (Lipinski definition) is 9. The van der Waals surface area contributed by atoms with Crippen LogP contribution in [-0.4, -0.2) is 79.9 Å². The third kappa shape index (κ3) is 6.65. The Morgan fingerprint density at radius 1 is 0.955 bits per heavy atom. The molecule has 254 valence electrons. The van der Waals surface area contributed by atoms with Crippen molar-refractivity contribution in [1.82, 2.24) is 0 Å². The minimum atomic E-state index is -4.58. The van der Waals surface area contributed by atoms with E-state index in [1.54, 1.807) is 0 Å². The van der Waals surface area contributed by atoms with Crippen LogP contribution in [0.4, 0.5) is 0 Å². The van der Waals surface area contributed by atoms with Crippen molar-refractivity contribution in [2.45, 2.75) is 142 Å². The highest BCUT2D eigenvalue weighted by molar-refractivity contribution is 7.47. The first kappa shape index (κ1) is 34.9. The highest BCUT2D eigenvalue weighted by Gasteiger charge is 2.61. The Labute approximate surface area is 262 Å². The topological polar surface area (TPSA) is 166 Å². The number of aliphatic hydroxyl groups excluding tert-OH is 5. The molecule has 44 heavy (non-hydrogen) atoms. The van der Waals surface area contributed by atoms with E-state index >= 15 is 0 Å². The van der Waals surface area contributed by atoms with Gasteiger partial charge >= 0.3 is 7.82 Å². The van der Waals surface area contributed by atoms with Gasteiger partial charge in [-0.3, -0.25) is 9.05 Å².